The molecule has 0 spiro atoms. The van der Waals surface area contributed by atoms with Gasteiger partial charge in [-0.05, 0) is 27.5 Å². The van der Waals surface area contributed by atoms with Crippen molar-refractivity contribution in [3.63, 3.8) is 0 Å². The van der Waals surface area contributed by atoms with E-state index in [9.17, 15) is 4.39 Å². The van der Waals surface area contributed by atoms with Crippen LogP contribution in [0.15, 0.2) is 15.7 Å². The van der Waals surface area contributed by atoms with E-state index in [0.717, 1.165) is 5.69 Å². The third-order valence-corrected chi connectivity index (χ3v) is 2.62. The Morgan fingerprint density at radius 1 is 1.75 bits per heavy atom. The molecule has 1 aromatic rings. The molecule has 1 aliphatic rings. The van der Waals surface area contributed by atoms with Crippen LogP contribution in [0.2, 0.25) is 0 Å². The zero-order valence-electron chi connectivity index (χ0n) is 5.81. The summed E-state index contributed by atoms with van der Waals surface area (Å²) in [7, 11) is 0. The molecule has 2 rings (SSSR count). The van der Waals surface area contributed by atoms with Crippen LogP contribution in [-0.2, 0) is 6.54 Å². The minimum absolute atomic E-state index is 0.269. The number of aliphatic imine (C=N–C) groups is 1. The van der Waals surface area contributed by atoms with E-state index in [-0.39, 0.29) is 11.1 Å². The van der Waals surface area contributed by atoms with Crippen LogP contribution in [0.1, 0.15) is 5.69 Å². The maximum Gasteiger partial charge on any atom is 0.211 e. The second-order valence-electron chi connectivity index (χ2n) is 2.33. The van der Waals surface area contributed by atoms with Crippen molar-refractivity contribution >= 4 is 32.8 Å². The Hall–Kier alpha value is -0.550. The molecule has 64 valence electrons. The number of fused-ring (bicyclic) bond motifs is 1. The van der Waals surface area contributed by atoms with Crippen molar-refractivity contribution in [2.24, 2.45) is 4.99 Å². The van der Waals surface area contributed by atoms with Crippen molar-refractivity contribution in [2.45, 2.75) is 6.54 Å². The Morgan fingerprint density at radius 3 is 3.25 bits per heavy atom. The normalized spacial score (nSPS) is 15.1. The molecule has 0 aromatic carbocycles. The third kappa shape index (κ3) is 1.13. The van der Waals surface area contributed by atoms with E-state index >= 15 is 0 Å². The summed E-state index contributed by atoms with van der Waals surface area (Å²) in [5, 5.41) is 0.269. The van der Waals surface area contributed by atoms with E-state index in [4.69, 9.17) is 11.6 Å². The standard InChI is InChI=1S/C6H4BrClFN3/c7-5-3(9)2-12-4(5)1-10-6(8)11-12/h2H,1H2,(H,10,11). The predicted octanol–water partition coefficient (Wildman–Crippen LogP) is 2.04. The van der Waals surface area contributed by atoms with Gasteiger partial charge in [0, 0.05) is 0 Å². The number of halogens is 3. The Kier molecular flexibility index (Phi) is 1.84. The van der Waals surface area contributed by atoms with E-state index in [1.807, 2.05) is 0 Å². The molecule has 0 atom stereocenters. The third-order valence-electron chi connectivity index (χ3n) is 1.58. The molecular formula is C6H4BrClFN3. The van der Waals surface area contributed by atoms with Crippen molar-refractivity contribution in [3.8, 4) is 0 Å². The quantitative estimate of drug-likeness (QED) is 0.704. The fourth-order valence-electron chi connectivity index (χ4n) is 1.02. The molecule has 0 amide bonds. The van der Waals surface area contributed by atoms with Gasteiger partial charge in [-0.15, -0.1) is 0 Å². The number of hydrogen-bond donors (Lipinski definition) is 1. The van der Waals surface area contributed by atoms with Crippen molar-refractivity contribution < 1.29 is 4.39 Å². The van der Waals surface area contributed by atoms with Crippen LogP contribution in [0.25, 0.3) is 0 Å². The first-order chi connectivity index (χ1) is 5.68. The van der Waals surface area contributed by atoms with Crippen molar-refractivity contribution in [3.05, 3.63) is 22.2 Å². The highest BCUT2D eigenvalue weighted by Crippen LogP contribution is 2.24. The summed E-state index contributed by atoms with van der Waals surface area (Å²) in [6.07, 6.45) is 1.32. The molecule has 3 nitrogen and oxygen atoms in total. The minimum Gasteiger partial charge on any atom is -0.268 e. The zero-order valence-corrected chi connectivity index (χ0v) is 8.15. The second-order valence-corrected chi connectivity index (χ2v) is 3.48. The summed E-state index contributed by atoms with van der Waals surface area (Å²) in [6.45, 7) is 0.385. The van der Waals surface area contributed by atoms with Gasteiger partial charge < -0.3 is 0 Å². The molecule has 1 N–H and O–H groups in total. The number of rotatable bonds is 0. The average Bonchev–Trinajstić information content (AvgIpc) is 2.28. The molecule has 1 aliphatic heterocycles. The molecule has 0 unspecified atom stereocenters. The molecular weight excluding hydrogens is 248 g/mol. The number of nitrogens with one attached hydrogen (secondary N) is 1. The van der Waals surface area contributed by atoms with Crippen molar-refractivity contribution in [2.75, 3.05) is 5.43 Å². The summed E-state index contributed by atoms with van der Waals surface area (Å²) in [6, 6.07) is 0. The first-order valence-electron chi connectivity index (χ1n) is 3.20. The van der Waals surface area contributed by atoms with E-state index < -0.39 is 0 Å². The Morgan fingerprint density at radius 2 is 2.50 bits per heavy atom. The summed E-state index contributed by atoms with van der Waals surface area (Å²) in [4.78, 5) is 3.90. The van der Waals surface area contributed by atoms with Crippen molar-refractivity contribution in [1.29, 1.82) is 0 Å². The van der Waals surface area contributed by atoms with Crippen LogP contribution in [0.3, 0.4) is 0 Å². The molecule has 6 heteroatoms. The van der Waals surface area contributed by atoms with Gasteiger partial charge in [0.2, 0.25) is 5.29 Å². The molecule has 0 bridgehead atoms. The van der Waals surface area contributed by atoms with Gasteiger partial charge in [0.25, 0.3) is 0 Å². The number of amidine groups is 1. The largest absolute Gasteiger partial charge is 0.268 e. The lowest BCUT2D eigenvalue weighted by molar-refractivity contribution is 0.621. The van der Waals surface area contributed by atoms with Gasteiger partial charge in [-0.1, -0.05) is 0 Å². The maximum absolute atomic E-state index is 12.9. The molecule has 12 heavy (non-hydrogen) atoms. The lowest BCUT2D eigenvalue weighted by Crippen LogP contribution is -2.23. The lowest BCUT2D eigenvalue weighted by atomic mass is 10.4. The molecule has 0 saturated heterocycles. The zero-order chi connectivity index (χ0) is 8.72. The first-order valence-corrected chi connectivity index (χ1v) is 4.38. The number of hydrogen-bond acceptors (Lipinski definition) is 2. The minimum atomic E-state index is -0.320. The monoisotopic (exact) mass is 251 g/mol. The topological polar surface area (TPSA) is 29.3 Å². The summed E-state index contributed by atoms with van der Waals surface area (Å²) in [5.41, 5.74) is 3.42. The van der Waals surface area contributed by atoms with Gasteiger partial charge in [0.05, 0.1) is 22.9 Å². The fraction of sp³-hybridized carbons (Fsp3) is 0.167. The summed E-state index contributed by atoms with van der Waals surface area (Å²) >= 11 is 8.69. The number of nitrogens with zero attached hydrogens (tertiary/aromatic N) is 2. The first kappa shape index (κ1) is 8.07. The predicted molar refractivity (Wildman–Crippen MR) is 48.4 cm³/mol. The Labute approximate surface area is 81.3 Å². The van der Waals surface area contributed by atoms with Gasteiger partial charge in [0.15, 0.2) is 5.82 Å². The van der Waals surface area contributed by atoms with Gasteiger partial charge in [-0.25, -0.2) is 4.39 Å². The van der Waals surface area contributed by atoms with E-state index in [1.165, 1.54) is 10.9 Å². The highest BCUT2D eigenvalue weighted by molar-refractivity contribution is 9.10. The highest BCUT2D eigenvalue weighted by atomic mass is 79.9. The summed E-state index contributed by atoms with van der Waals surface area (Å²) in [5.74, 6) is -0.320. The van der Waals surface area contributed by atoms with Crippen LogP contribution in [0.5, 0.6) is 0 Å². The highest BCUT2D eigenvalue weighted by Gasteiger charge is 2.16. The van der Waals surface area contributed by atoms with E-state index in [0.29, 0.717) is 11.0 Å². The fourth-order valence-corrected chi connectivity index (χ4v) is 1.59. The second kappa shape index (κ2) is 2.74. The van der Waals surface area contributed by atoms with Gasteiger partial charge in [-0.2, -0.15) is 0 Å². The van der Waals surface area contributed by atoms with Crippen LogP contribution >= 0.6 is 27.5 Å². The van der Waals surface area contributed by atoms with Crippen LogP contribution in [-0.4, -0.2) is 9.97 Å². The SMILES string of the molecule is Fc1cn2c(c1Br)CN=C(Cl)N2. The molecule has 0 radical (unpaired) electrons. The lowest BCUT2D eigenvalue weighted by Gasteiger charge is -2.13. The van der Waals surface area contributed by atoms with Crippen LogP contribution < -0.4 is 5.43 Å². The van der Waals surface area contributed by atoms with E-state index in [1.54, 1.807) is 0 Å². The molecule has 0 saturated carbocycles. The van der Waals surface area contributed by atoms with Crippen LogP contribution in [0.4, 0.5) is 4.39 Å². The van der Waals surface area contributed by atoms with Crippen LogP contribution in [0, 0.1) is 5.82 Å². The van der Waals surface area contributed by atoms with Gasteiger partial charge >= 0.3 is 0 Å². The Bertz CT molecular complexity index is 360. The molecule has 1 aromatic heterocycles. The maximum atomic E-state index is 12.9. The molecule has 0 aliphatic carbocycles. The summed E-state index contributed by atoms with van der Waals surface area (Å²) < 4.78 is 14.9. The molecule has 0 fully saturated rings. The average molecular weight is 252 g/mol. The smallest absolute Gasteiger partial charge is 0.211 e. The van der Waals surface area contributed by atoms with Gasteiger partial charge in [-0.3, -0.25) is 15.1 Å². The van der Waals surface area contributed by atoms with E-state index in [2.05, 4.69) is 26.3 Å². The van der Waals surface area contributed by atoms with Crippen molar-refractivity contribution in [1.82, 2.24) is 4.68 Å². The number of aromatic nitrogens is 1. The van der Waals surface area contributed by atoms with Gasteiger partial charge in [0.1, 0.15) is 0 Å². The molecule has 2 heterocycles. The Balaban J connectivity index is 2.48.